The zero-order chi connectivity index (χ0) is 19.0. The Morgan fingerprint density at radius 2 is 2.04 bits per heavy atom. The molecule has 0 spiro atoms. The molecule has 0 fully saturated rings. The van der Waals surface area contributed by atoms with E-state index in [1.165, 1.54) is 0 Å². The molecule has 0 radical (unpaired) electrons. The van der Waals surface area contributed by atoms with E-state index in [1.807, 2.05) is 30.5 Å². The lowest BCUT2D eigenvalue weighted by Crippen LogP contribution is -2.30. The van der Waals surface area contributed by atoms with Crippen molar-refractivity contribution >= 4 is 45.7 Å². The molecule has 2 aromatic carbocycles. The van der Waals surface area contributed by atoms with Gasteiger partial charge >= 0.3 is 0 Å². The van der Waals surface area contributed by atoms with E-state index in [1.54, 1.807) is 24.3 Å². The second-order valence-corrected chi connectivity index (χ2v) is 6.25. The number of para-hydroxylation sites is 1. The molecule has 0 bridgehead atoms. The first kappa shape index (κ1) is 17.0. The summed E-state index contributed by atoms with van der Waals surface area (Å²) in [6.07, 6.45) is 2.14. The highest BCUT2D eigenvalue weighted by molar-refractivity contribution is 6.35. The van der Waals surface area contributed by atoms with Crippen LogP contribution in [0, 0.1) is 0 Å². The van der Waals surface area contributed by atoms with E-state index in [0.717, 1.165) is 16.5 Å². The first-order valence-corrected chi connectivity index (χ1v) is 8.40. The molecule has 3 aromatic rings. The Bertz CT molecular complexity index is 1080. The molecular formula is C20H17N3O4. The van der Waals surface area contributed by atoms with Crippen LogP contribution in [0.1, 0.15) is 11.1 Å². The maximum atomic E-state index is 12.4. The van der Waals surface area contributed by atoms with E-state index in [0.29, 0.717) is 22.5 Å². The summed E-state index contributed by atoms with van der Waals surface area (Å²) in [6.45, 7) is -0.664. The average Bonchev–Trinajstić information content (AvgIpc) is 3.22. The molecule has 1 aliphatic rings. The van der Waals surface area contributed by atoms with Crippen LogP contribution in [-0.2, 0) is 9.59 Å². The molecule has 0 saturated heterocycles. The largest absolute Gasteiger partial charge is 0.393 e. The number of hydrogen-bond acceptors (Lipinski definition) is 4. The van der Waals surface area contributed by atoms with Gasteiger partial charge in [-0.3, -0.25) is 9.59 Å². The van der Waals surface area contributed by atoms with Gasteiger partial charge in [0.25, 0.3) is 11.8 Å². The molecule has 1 atom stereocenters. The summed E-state index contributed by atoms with van der Waals surface area (Å²) in [5.41, 5.74) is 4.06. The Balaban J connectivity index is 1.72. The fraction of sp³-hybridized carbons (Fsp3) is 0.100. The fourth-order valence-corrected chi connectivity index (χ4v) is 3.09. The van der Waals surface area contributed by atoms with Gasteiger partial charge in [0, 0.05) is 45.2 Å². The van der Waals surface area contributed by atoms with Crippen LogP contribution in [-0.4, -0.2) is 39.7 Å². The maximum absolute atomic E-state index is 12.4. The minimum absolute atomic E-state index is 0.228. The number of anilines is 2. The van der Waals surface area contributed by atoms with Crippen LogP contribution in [0.4, 0.5) is 11.4 Å². The highest BCUT2D eigenvalue weighted by Gasteiger charge is 2.25. The van der Waals surface area contributed by atoms with Crippen molar-refractivity contribution in [2.45, 2.75) is 6.10 Å². The van der Waals surface area contributed by atoms with Gasteiger partial charge in [0.05, 0.1) is 6.61 Å². The van der Waals surface area contributed by atoms with Crippen molar-refractivity contribution < 1.29 is 19.8 Å². The van der Waals surface area contributed by atoms with Crippen molar-refractivity contribution in [3.63, 3.8) is 0 Å². The summed E-state index contributed by atoms with van der Waals surface area (Å²) in [5.74, 6) is -0.939. The maximum Gasteiger partial charge on any atom is 0.256 e. The van der Waals surface area contributed by atoms with E-state index in [2.05, 4.69) is 15.6 Å². The number of rotatable bonds is 4. The zero-order valence-electron chi connectivity index (χ0n) is 14.2. The first-order chi connectivity index (χ1) is 13.1. The highest BCUT2D eigenvalue weighted by Crippen LogP contribution is 2.36. The standard InChI is InChI=1S/C20H17N3O4/c24-10-18(25)20(27)22-12-5-6-17-14(8-12)15(19(26)23-17)7-11-9-21-16-4-2-1-3-13(11)16/h1-9,18,21,24-25H,10H2,(H,22,27)(H,23,26). The minimum Gasteiger partial charge on any atom is -0.393 e. The summed E-state index contributed by atoms with van der Waals surface area (Å²) < 4.78 is 0. The Hall–Kier alpha value is -3.42. The molecule has 1 unspecified atom stereocenters. The van der Waals surface area contributed by atoms with E-state index >= 15 is 0 Å². The first-order valence-electron chi connectivity index (χ1n) is 8.40. The lowest BCUT2D eigenvalue weighted by Gasteiger charge is -2.10. The summed E-state index contributed by atoms with van der Waals surface area (Å²) in [7, 11) is 0. The smallest absolute Gasteiger partial charge is 0.256 e. The van der Waals surface area contributed by atoms with Crippen molar-refractivity contribution in [3.05, 3.63) is 59.8 Å². The normalized spacial score (nSPS) is 15.6. The highest BCUT2D eigenvalue weighted by atomic mass is 16.3. The Labute approximate surface area is 154 Å². The van der Waals surface area contributed by atoms with Gasteiger partial charge in [-0.15, -0.1) is 0 Å². The number of aromatic nitrogens is 1. The second-order valence-electron chi connectivity index (χ2n) is 6.25. The van der Waals surface area contributed by atoms with Crippen LogP contribution >= 0.6 is 0 Å². The van der Waals surface area contributed by atoms with Crippen molar-refractivity contribution in [2.24, 2.45) is 0 Å². The number of carbonyl (C=O) groups is 2. The molecule has 0 saturated carbocycles. The Kier molecular flexibility index (Phi) is 4.23. The molecule has 2 amide bonds. The molecule has 2 heterocycles. The van der Waals surface area contributed by atoms with Crippen LogP contribution in [0.25, 0.3) is 22.6 Å². The fourth-order valence-electron chi connectivity index (χ4n) is 3.09. The third-order valence-electron chi connectivity index (χ3n) is 4.47. The zero-order valence-corrected chi connectivity index (χ0v) is 14.2. The number of H-pyrrole nitrogens is 1. The Morgan fingerprint density at radius 3 is 2.85 bits per heavy atom. The molecule has 136 valence electrons. The number of aromatic amines is 1. The second kappa shape index (κ2) is 6.71. The van der Waals surface area contributed by atoms with Gasteiger partial charge in [0.1, 0.15) is 0 Å². The summed E-state index contributed by atoms with van der Waals surface area (Å²) in [5, 5.41) is 24.6. The third kappa shape index (κ3) is 3.10. The number of hydrogen-bond donors (Lipinski definition) is 5. The minimum atomic E-state index is -1.50. The molecule has 7 nitrogen and oxygen atoms in total. The number of carbonyl (C=O) groups excluding carboxylic acids is 2. The van der Waals surface area contributed by atoms with Crippen molar-refractivity contribution in [3.8, 4) is 0 Å². The van der Waals surface area contributed by atoms with Crippen LogP contribution in [0.5, 0.6) is 0 Å². The monoisotopic (exact) mass is 363 g/mol. The van der Waals surface area contributed by atoms with Crippen LogP contribution < -0.4 is 10.6 Å². The van der Waals surface area contributed by atoms with Crippen molar-refractivity contribution in [1.29, 1.82) is 0 Å². The number of amides is 2. The number of aliphatic hydroxyl groups excluding tert-OH is 2. The molecule has 7 heteroatoms. The molecule has 4 rings (SSSR count). The molecular weight excluding hydrogens is 346 g/mol. The Morgan fingerprint density at radius 1 is 1.22 bits per heavy atom. The molecule has 1 aliphatic heterocycles. The molecule has 27 heavy (non-hydrogen) atoms. The van der Waals surface area contributed by atoms with E-state index in [-0.39, 0.29) is 5.91 Å². The lowest BCUT2D eigenvalue weighted by molar-refractivity contribution is -0.125. The quantitative estimate of drug-likeness (QED) is 0.456. The van der Waals surface area contributed by atoms with Gasteiger partial charge in [-0.25, -0.2) is 0 Å². The van der Waals surface area contributed by atoms with Gasteiger partial charge in [-0.2, -0.15) is 0 Å². The van der Waals surface area contributed by atoms with Crippen LogP contribution in [0.15, 0.2) is 48.7 Å². The van der Waals surface area contributed by atoms with E-state index in [4.69, 9.17) is 5.11 Å². The van der Waals surface area contributed by atoms with E-state index in [9.17, 15) is 14.7 Å². The molecule has 1 aromatic heterocycles. The van der Waals surface area contributed by atoms with Crippen molar-refractivity contribution in [1.82, 2.24) is 4.98 Å². The van der Waals surface area contributed by atoms with Gasteiger partial charge in [0.15, 0.2) is 6.10 Å². The summed E-state index contributed by atoms with van der Waals surface area (Å²) >= 11 is 0. The summed E-state index contributed by atoms with van der Waals surface area (Å²) in [4.78, 5) is 27.4. The van der Waals surface area contributed by atoms with Crippen molar-refractivity contribution in [2.75, 3.05) is 17.2 Å². The van der Waals surface area contributed by atoms with Crippen LogP contribution in [0.2, 0.25) is 0 Å². The molecule has 0 aliphatic carbocycles. The van der Waals surface area contributed by atoms with Gasteiger partial charge < -0.3 is 25.8 Å². The lowest BCUT2D eigenvalue weighted by atomic mass is 10.0. The predicted molar refractivity (Wildman–Crippen MR) is 103 cm³/mol. The predicted octanol–water partition coefficient (Wildman–Crippen LogP) is 1.95. The van der Waals surface area contributed by atoms with Crippen LogP contribution in [0.3, 0.4) is 0 Å². The topological polar surface area (TPSA) is 114 Å². The summed E-state index contributed by atoms with van der Waals surface area (Å²) in [6, 6.07) is 12.8. The average molecular weight is 363 g/mol. The third-order valence-corrected chi connectivity index (χ3v) is 4.47. The number of aliphatic hydroxyl groups is 2. The van der Waals surface area contributed by atoms with Gasteiger partial charge in [-0.05, 0) is 30.3 Å². The molecule has 5 N–H and O–H groups in total. The number of benzene rings is 2. The number of nitrogens with one attached hydrogen (secondary N) is 3. The van der Waals surface area contributed by atoms with Gasteiger partial charge in [0.2, 0.25) is 0 Å². The van der Waals surface area contributed by atoms with E-state index < -0.39 is 18.6 Å². The SMILES string of the molecule is O=C1Nc2ccc(NC(=O)C(O)CO)cc2C1=Cc1c[nH]c2ccccc12. The van der Waals surface area contributed by atoms with Gasteiger partial charge in [-0.1, -0.05) is 18.2 Å². The number of fused-ring (bicyclic) bond motifs is 2.